The summed E-state index contributed by atoms with van der Waals surface area (Å²) < 4.78 is 3.78. The molecule has 0 unspecified atom stereocenters. The molecule has 0 saturated carbocycles. The number of nitrogens with zero attached hydrogens (tertiary/aromatic N) is 5. The Morgan fingerprint density at radius 3 is 3.25 bits per heavy atom. The van der Waals surface area contributed by atoms with Crippen LogP contribution in [0, 0.1) is 0 Å². The first-order valence-electron chi connectivity index (χ1n) is 8.01. The molecule has 4 aromatic rings. The van der Waals surface area contributed by atoms with Gasteiger partial charge in [-0.1, -0.05) is 11.3 Å². The second-order valence-electron chi connectivity index (χ2n) is 5.98. The fraction of sp³-hybridized carbons (Fsp3) is 0.235. The SMILES string of the molecule is c1cc(Cn2cc(-c3cc4c(s3)CCNC4)nn2)c2ccnn2c1. The van der Waals surface area contributed by atoms with E-state index in [2.05, 4.69) is 32.9 Å². The lowest BCUT2D eigenvalue weighted by Gasteiger charge is -2.10. The van der Waals surface area contributed by atoms with Crippen molar-refractivity contribution in [1.82, 2.24) is 29.9 Å². The zero-order chi connectivity index (χ0) is 15.9. The minimum atomic E-state index is 0.690. The molecule has 0 aliphatic carbocycles. The summed E-state index contributed by atoms with van der Waals surface area (Å²) in [5, 5.41) is 16.4. The van der Waals surface area contributed by atoms with Gasteiger partial charge in [-0.25, -0.2) is 9.20 Å². The Hall–Kier alpha value is -2.51. The van der Waals surface area contributed by atoms with Crippen LogP contribution >= 0.6 is 11.3 Å². The van der Waals surface area contributed by atoms with Gasteiger partial charge in [0.15, 0.2) is 0 Å². The van der Waals surface area contributed by atoms with Crippen LogP contribution < -0.4 is 5.32 Å². The van der Waals surface area contributed by atoms with Crippen LogP contribution in [0.15, 0.2) is 42.9 Å². The molecule has 1 aliphatic heterocycles. The van der Waals surface area contributed by atoms with E-state index in [-0.39, 0.29) is 0 Å². The Kier molecular flexibility index (Phi) is 3.20. The Morgan fingerprint density at radius 1 is 1.29 bits per heavy atom. The van der Waals surface area contributed by atoms with E-state index in [1.807, 2.05) is 51.3 Å². The van der Waals surface area contributed by atoms with Crippen molar-refractivity contribution in [2.75, 3.05) is 6.54 Å². The number of hydrogen-bond donors (Lipinski definition) is 1. The molecule has 7 heteroatoms. The molecule has 24 heavy (non-hydrogen) atoms. The van der Waals surface area contributed by atoms with Crippen LogP contribution in [0.1, 0.15) is 16.0 Å². The first-order chi connectivity index (χ1) is 11.9. The maximum Gasteiger partial charge on any atom is 0.123 e. The van der Waals surface area contributed by atoms with Crippen molar-refractivity contribution in [2.45, 2.75) is 19.5 Å². The van der Waals surface area contributed by atoms with E-state index in [9.17, 15) is 0 Å². The summed E-state index contributed by atoms with van der Waals surface area (Å²) in [6.07, 6.45) is 6.91. The predicted molar refractivity (Wildman–Crippen MR) is 93.0 cm³/mol. The molecule has 0 atom stereocenters. The van der Waals surface area contributed by atoms with Crippen LogP contribution in [0.2, 0.25) is 0 Å². The van der Waals surface area contributed by atoms with E-state index >= 15 is 0 Å². The molecule has 5 rings (SSSR count). The molecule has 0 bridgehead atoms. The summed E-state index contributed by atoms with van der Waals surface area (Å²) in [6, 6.07) is 8.38. The molecule has 5 heterocycles. The smallest absolute Gasteiger partial charge is 0.123 e. The van der Waals surface area contributed by atoms with Gasteiger partial charge >= 0.3 is 0 Å². The van der Waals surface area contributed by atoms with E-state index in [1.165, 1.54) is 20.9 Å². The summed E-state index contributed by atoms with van der Waals surface area (Å²) >= 11 is 1.84. The third-order valence-corrected chi connectivity index (χ3v) is 5.65. The minimum Gasteiger partial charge on any atom is -0.312 e. The number of rotatable bonds is 3. The van der Waals surface area contributed by atoms with Crippen LogP contribution in [0.3, 0.4) is 0 Å². The van der Waals surface area contributed by atoms with Crippen LogP contribution in [-0.4, -0.2) is 31.2 Å². The number of fused-ring (bicyclic) bond motifs is 2. The number of hydrogen-bond acceptors (Lipinski definition) is 5. The monoisotopic (exact) mass is 336 g/mol. The van der Waals surface area contributed by atoms with Gasteiger partial charge in [-0.05, 0) is 35.7 Å². The van der Waals surface area contributed by atoms with E-state index in [1.54, 1.807) is 0 Å². The van der Waals surface area contributed by atoms with Gasteiger partial charge in [-0.2, -0.15) is 5.10 Å². The van der Waals surface area contributed by atoms with Crippen LogP contribution in [0.5, 0.6) is 0 Å². The molecule has 6 nitrogen and oxygen atoms in total. The molecule has 0 fully saturated rings. The molecule has 4 aromatic heterocycles. The molecule has 0 saturated heterocycles. The van der Waals surface area contributed by atoms with Crippen molar-refractivity contribution in [3.8, 4) is 10.6 Å². The predicted octanol–water partition coefficient (Wildman–Crippen LogP) is 2.35. The molecule has 1 aliphatic rings. The standard InChI is InChI=1S/C17H16N6S/c1-2-12(15-3-6-19-23(15)7-1)10-22-11-14(20-21-22)17-8-13-9-18-5-4-16(13)24-17/h1-3,6-8,11,18H,4-5,9-10H2. The Labute approximate surface area is 142 Å². The Balaban J connectivity index is 1.45. The lowest BCUT2D eigenvalue weighted by molar-refractivity contribution is 0.650. The third kappa shape index (κ3) is 2.33. The van der Waals surface area contributed by atoms with Crippen LogP contribution in [0.4, 0.5) is 0 Å². The highest BCUT2D eigenvalue weighted by atomic mass is 32.1. The molecule has 1 N–H and O–H groups in total. The van der Waals surface area contributed by atoms with Gasteiger partial charge in [-0.15, -0.1) is 16.4 Å². The highest BCUT2D eigenvalue weighted by molar-refractivity contribution is 7.15. The maximum atomic E-state index is 4.37. The molecule has 0 spiro atoms. The van der Waals surface area contributed by atoms with E-state index < -0.39 is 0 Å². The highest BCUT2D eigenvalue weighted by Gasteiger charge is 2.15. The first-order valence-corrected chi connectivity index (χ1v) is 8.82. The maximum absolute atomic E-state index is 4.37. The van der Waals surface area contributed by atoms with Gasteiger partial charge in [0, 0.05) is 30.4 Å². The average Bonchev–Trinajstić information content (AvgIpc) is 3.33. The van der Waals surface area contributed by atoms with Gasteiger partial charge in [0.1, 0.15) is 5.69 Å². The lowest BCUT2D eigenvalue weighted by atomic mass is 10.1. The van der Waals surface area contributed by atoms with Crippen LogP contribution in [-0.2, 0) is 19.5 Å². The lowest BCUT2D eigenvalue weighted by Crippen LogP contribution is -2.21. The summed E-state index contributed by atoms with van der Waals surface area (Å²) in [5.74, 6) is 0. The normalized spacial score (nSPS) is 14.2. The Bertz CT molecular complexity index is 988. The highest BCUT2D eigenvalue weighted by Crippen LogP contribution is 2.32. The zero-order valence-electron chi connectivity index (χ0n) is 13.0. The largest absolute Gasteiger partial charge is 0.312 e. The van der Waals surface area contributed by atoms with Crippen molar-refractivity contribution in [1.29, 1.82) is 0 Å². The fourth-order valence-corrected chi connectivity index (χ4v) is 4.32. The average molecular weight is 336 g/mol. The number of aromatic nitrogens is 5. The second kappa shape index (κ2) is 5.54. The quantitative estimate of drug-likeness (QED) is 0.624. The van der Waals surface area contributed by atoms with Crippen molar-refractivity contribution in [3.63, 3.8) is 0 Å². The number of nitrogens with one attached hydrogen (secondary N) is 1. The second-order valence-corrected chi connectivity index (χ2v) is 7.12. The third-order valence-electron chi connectivity index (χ3n) is 4.39. The summed E-state index contributed by atoms with van der Waals surface area (Å²) in [5.41, 5.74) is 4.64. The molecule has 120 valence electrons. The topological polar surface area (TPSA) is 60.0 Å². The molecule has 0 amide bonds. The van der Waals surface area contributed by atoms with Crippen molar-refractivity contribution >= 4 is 16.9 Å². The van der Waals surface area contributed by atoms with Crippen molar-refractivity contribution < 1.29 is 0 Å². The molecule has 0 aromatic carbocycles. The van der Waals surface area contributed by atoms with Crippen LogP contribution in [0.25, 0.3) is 16.1 Å². The van der Waals surface area contributed by atoms with Gasteiger partial charge in [-0.3, -0.25) is 0 Å². The van der Waals surface area contributed by atoms with Gasteiger partial charge < -0.3 is 5.32 Å². The summed E-state index contributed by atoms with van der Waals surface area (Å²) in [4.78, 5) is 2.68. The molecular formula is C17H16N6S. The summed E-state index contributed by atoms with van der Waals surface area (Å²) in [6.45, 7) is 2.72. The van der Waals surface area contributed by atoms with Gasteiger partial charge in [0.25, 0.3) is 0 Å². The zero-order valence-corrected chi connectivity index (χ0v) is 13.8. The minimum absolute atomic E-state index is 0.690. The number of pyridine rings is 1. The molecule has 0 radical (unpaired) electrons. The Morgan fingerprint density at radius 2 is 2.29 bits per heavy atom. The van der Waals surface area contributed by atoms with E-state index in [4.69, 9.17) is 0 Å². The van der Waals surface area contributed by atoms with E-state index in [0.717, 1.165) is 30.7 Å². The molecular weight excluding hydrogens is 320 g/mol. The van der Waals surface area contributed by atoms with E-state index in [0.29, 0.717) is 6.54 Å². The summed E-state index contributed by atoms with van der Waals surface area (Å²) in [7, 11) is 0. The van der Waals surface area contributed by atoms with Gasteiger partial charge in [0.2, 0.25) is 0 Å². The van der Waals surface area contributed by atoms with Crippen molar-refractivity contribution in [3.05, 3.63) is 58.9 Å². The first kappa shape index (κ1) is 13.9. The fourth-order valence-electron chi connectivity index (χ4n) is 3.19. The van der Waals surface area contributed by atoms with Gasteiger partial charge in [0.05, 0.1) is 23.1 Å². The number of thiophene rings is 1. The van der Waals surface area contributed by atoms with Crippen molar-refractivity contribution in [2.24, 2.45) is 0 Å².